The Bertz CT molecular complexity index is 517. The summed E-state index contributed by atoms with van der Waals surface area (Å²) >= 11 is 15.3. The number of hydrogen-bond acceptors (Lipinski definition) is 2. The van der Waals surface area contributed by atoms with E-state index in [0.717, 1.165) is 10.3 Å². The number of nitrogens with zero attached hydrogens (tertiary/aromatic N) is 1. The molecule has 0 saturated carbocycles. The molecule has 16 heavy (non-hydrogen) atoms. The first-order valence-corrected chi connectivity index (χ1v) is 6.05. The van der Waals surface area contributed by atoms with Crippen LogP contribution in [0.2, 0.25) is 10.0 Å². The molecule has 1 N–H and O–H groups in total. The molecule has 2 nitrogen and oxygen atoms in total. The van der Waals surface area contributed by atoms with Gasteiger partial charge in [-0.3, -0.25) is 0 Å². The van der Waals surface area contributed by atoms with Crippen molar-refractivity contribution >= 4 is 50.6 Å². The third-order valence-corrected chi connectivity index (χ3v) is 3.19. The fraction of sp³-hybridized carbons (Fsp3) is 0. The molecule has 0 bridgehead atoms. The minimum Gasteiger partial charge on any atom is -0.339 e. The zero-order valence-electron chi connectivity index (χ0n) is 8.05. The lowest BCUT2D eigenvalue weighted by atomic mass is 10.3. The van der Waals surface area contributed by atoms with Crippen molar-refractivity contribution in [3.63, 3.8) is 0 Å². The zero-order valence-corrected chi connectivity index (χ0v) is 11.1. The maximum Gasteiger partial charge on any atom is 0.131 e. The molecule has 2 rings (SSSR count). The maximum atomic E-state index is 6.05. The van der Waals surface area contributed by atoms with Gasteiger partial charge in [0.2, 0.25) is 0 Å². The van der Waals surface area contributed by atoms with Gasteiger partial charge in [0.1, 0.15) is 10.4 Å². The molecule has 0 saturated heterocycles. The number of aromatic nitrogens is 1. The first kappa shape index (κ1) is 11.7. The topological polar surface area (TPSA) is 24.9 Å². The maximum absolute atomic E-state index is 6.05. The molecule has 0 atom stereocenters. The standard InChI is InChI=1S/C11H7BrCl2N2/c12-9-5-2-6-10(16-9)15-8-4-1-3-7(13)11(8)14/h1-6H,(H,15,16). The van der Waals surface area contributed by atoms with E-state index >= 15 is 0 Å². The van der Waals surface area contributed by atoms with Crippen molar-refractivity contribution in [2.45, 2.75) is 0 Å². The van der Waals surface area contributed by atoms with Crippen molar-refractivity contribution in [1.29, 1.82) is 0 Å². The van der Waals surface area contributed by atoms with Crippen molar-refractivity contribution in [3.8, 4) is 0 Å². The highest BCUT2D eigenvalue weighted by Crippen LogP contribution is 2.31. The van der Waals surface area contributed by atoms with Gasteiger partial charge < -0.3 is 5.32 Å². The monoisotopic (exact) mass is 316 g/mol. The summed E-state index contributed by atoms with van der Waals surface area (Å²) in [6.45, 7) is 0. The SMILES string of the molecule is Clc1cccc(Nc2cccc(Br)n2)c1Cl. The zero-order chi connectivity index (χ0) is 11.5. The number of halogens is 3. The number of rotatable bonds is 2. The number of pyridine rings is 1. The molecule has 0 aliphatic carbocycles. The van der Waals surface area contributed by atoms with Gasteiger partial charge in [0.15, 0.2) is 0 Å². The third-order valence-electron chi connectivity index (χ3n) is 1.93. The number of nitrogens with one attached hydrogen (secondary N) is 1. The fourth-order valence-corrected chi connectivity index (χ4v) is 1.91. The Morgan fingerprint density at radius 1 is 1.06 bits per heavy atom. The molecule has 0 amide bonds. The van der Waals surface area contributed by atoms with Crippen LogP contribution in [0.15, 0.2) is 41.0 Å². The molecule has 5 heteroatoms. The molecule has 0 unspecified atom stereocenters. The van der Waals surface area contributed by atoms with Gasteiger partial charge in [-0.1, -0.05) is 35.3 Å². The predicted octanol–water partition coefficient (Wildman–Crippen LogP) is 4.89. The van der Waals surface area contributed by atoms with Gasteiger partial charge in [0, 0.05) is 0 Å². The third kappa shape index (κ3) is 2.67. The quantitative estimate of drug-likeness (QED) is 0.797. The van der Waals surface area contributed by atoms with Crippen LogP contribution in [0.3, 0.4) is 0 Å². The van der Waals surface area contributed by atoms with E-state index in [2.05, 4.69) is 26.2 Å². The minimum absolute atomic E-state index is 0.492. The lowest BCUT2D eigenvalue weighted by Crippen LogP contribution is -1.94. The summed E-state index contributed by atoms with van der Waals surface area (Å²) in [5.41, 5.74) is 0.736. The summed E-state index contributed by atoms with van der Waals surface area (Å²) in [5, 5.41) is 4.10. The number of hydrogen-bond donors (Lipinski definition) is 1. The minimum atomic E-state index is 0.492. The van der Waals surface area contributed by atoms with Gasteiger partial charge in [-0.15, -0.1) is 0 Å². The van der Waals surface area contributed by atoms with E-state index in [1.54, 1.807) is 6.07 Å². The van der Waals surface area contributed by atoms with Crippen molar-refractivity contribution in [2.24, 2.45) is 0 Å². The summed E-state index contributed by atoms with van der Waals surface area (Å²) in [4.78, 5) is 4.24. The normalized spacial score (nSPS) is 10.2. The van der Waals surface area contributed by atoms with Crippen LogP contribution in [0.4, 0.5) is 11.5 Å². The summed E-state index contributed by atoms with van der Waals surface area (Å²) in [6.07, 6.45) is 0. The van der Waals surface area contributed by atoms with E-state index in [-0.39, 0.29) is 0 Å². The van der Waals surface area contributed by atoms with Gasteiger partial charge in [-0.25, -0.2) is 4.98 Å². The molecule has 0 aliphatic heterocycles. The Balaban J connectivity index is 2.31. The highest BCUT2D eigenvalue weighted by Gasteiger charge is 2.04. The largest absolute Gasteiger partial charge is 0.339 e. The Morgan fingerprint density at radius 2 is 1.81 bits per heavy atom. The van der Waals surface area contributed by atoms with Crippen LogP contribution < -0.4 is 5.32 Å². The van der Waals surface area contributed by atoms with Crippen molar-refractivity contribution in [3.05, 3.63) is 51.0 Å². The van der Waals surface area contributed by atoms with E-state index in [9.17, 15) is 0 Å². The molecule has 0 fully saturated rings. The van der Waals surface area contributed by atoms with E-state index in [4.69, 9.17) is 23.2 Å². The van der Waals surface area contributed by atoms with Crippen LogP contribution in [-0.2, 0) is 0 Å². The second-order valence-electron chi connectivity index (χ2n) is 3.07. The van der Waals surface area contributed by atoms with Crippen LogP contribution in [0, 0.1) is 0 Å². The highest BCUT2D eigenvalue weighted by molar-refractivity contribution is 9.10. The highest BCUT2D eigenvalue weighted by atomic mass is 79.9. The second-order valence-corrected chi connectivity index (χ2v) is 4.67. The van der Waals surface area contributed by atoms with Gasteiger partial charge in [0.25, 0.3) is 0 Å². The summed E-state index contributed by atoms with van der Waals surface area (Å²) in [6, 6.07) is 11.0. The van der Waals surface area contributed by atoms with Gasteiger partial charge in [0.05, 0.1) is 15.7 Å². The van der Waals surface area contributed by atoms with Crippen LogP contribution in [0.1, 0.15) is 0 Å². The van der Waals surface area contributed by atoms with Crippen molar-refractivity contribution < 1.29 is 0 Å². The van der Waals surface area contributed by atoms with Crippen LogP contribution in [0.5, 0.6) is 0 Å². The summed E-state index contributed by atoms with van der Waals surface area (Å²) < 4.78 is 0.760. The van der Waals surface area contributed by atoms with Crippen molar-refractivity contribution in [1.82, 2.24) is 4.98 Å². The molecule has 0 aliphatic rings. The van der Waals surface area contributed by atoms with Crippen LogP contribution in [-0.4, -0.2) is 4.98 Å². The molecule has 1 heterocycles. The van der Waals surface area contributed by atoms with E-state index < -0.39 is 0 Å². The molecular weight excluding hydrogens is 311 g/mol. The Hall–Kier alpha value is -0.770. The molecule has 1 aromatic carbocycles. The Morgan fingerprint density at radius 3 is 2.56 bits per heavy atom. The van der Waals surface area contributed by atoms with Crippen LogP contribution >= 0.6 is 39.1 Å². The Kier molecular flexibility index (Phi) is 3.69. The van der Waals surface area contributed by atoms with Gasteiger partial charge >= 0.3 is 0 Å². The summed E-state index contributed by atoms with van der Waals surface area (Å²) in [7, 11) is 0. The first-order chi connectivity index (χ1) is 7.66. The van der Waals surface area contributed by atoms with E-state index in [0.29, 0.717) is 15.9 Å². The van der Waals surface area contributed by atoms with Gasteiger partial charge in [-0.2, -0.15) is 0 Å². The number of anilines is 2. The molecular formula is C11H7BrCl2N2. The van der Waals surface area contributed by atoms with E-state index in [1.807, 2.05) is 30.3 Å². The lowest BCUT2D eigenvalue weighted by molar-refractivity contribution is 1.26. The number of benzene rings is 1. The molecule has 2 aromatic rings. The lowest BCUT2D eigenvalue weighted by Gasteiger charge is -2.08. The summed E-state index contributed by atoms with van der Waals surface area (Å²) in [5.74, 6) is 0.707. The first-order valence-electron chi connectivity index (χ1n) is 4.50. The van der Waals surface area contributed by atoms with Gasteiger partial charge in [-0.05, 0) is 40.2 Å². The smallest absolute Gasteiger partial charge is 0.131 e. The second kappa shape index (κ2) is 5.04. The predicted molar refractivity (Wildman–Crippen MR) is 71.7 cm³/mol. The van der Waals surface area contributed by atoms with E-state index in [1.165, 1.54) is 0 Å². The molecule has 0 radical (unpaired) electrons. The molecule has 1 aromatic heterocycles. The fourth-order valence-electron chi connectivity index (χ4n) is 1.22. The Labute approximate surface area is 112 Å². The average Bonchev–Trinajstić information content (AvgIpc) is 2.25. The average molecular weight is 318 g/mol. The molecule has 82 valence electrons. The molecule has 0 spiro atoms. The van der Waals surface area contributed by atoms with Crippen molar-refractivity contribution in [2.75, 3.05) is 5.32 Å². The van der Waals surface area contributed by atoms with Crippen LogP contribution in [0.25, 0.3) is 0 Å².